The third-order valence-corrected chi connectivity index (χ3v) is 5.44. The number of aliphatic hydroxyl groups is 1. The molecule has 2 unspecified atom stereocenters. The van der Waals surface area contributed by atoms with E-state index in [1.165, 1.54) is 10.4 Å². The van der Waals surface area contributed by atoms with Crippen LogP contribution < -0.4 is 4.90 Å². The van der Waals surface area contributed by atoms with Crippen molar-refractivity contribution in [2.24, 2.45) is 0 Å². The SMILES string of the molecule is Cc1ccc(/C(O)=C2\C(=O)C(=O)N(c3nncs3)C2C2COC(C)(C)O2)cc1. The molecule has 2 atom stereocenters. The molecule has 2 aliphatic rings. The first-order valence-corrected chi connectivity index (χ1v) is 9.62. The number of carbonyl (C=O) groups is 2. The minimum atomic E-state index is -0.865. The Morgan fingerprint density at radius 3 is 2.57 bits per heavy atom. The Labute approximate surface area is 165 Å². The highest BCUT2D eigenvalue weighted by Crippen LogP contribution is 2.39. The number of Topliss-reactive ketones (excluding diaryl/α,β-unsaturated/α-hetero) is 1. The molecule has 8 nitrogen and oxygen atoms in total. The van der Waals surface area contributed by atoms with E-state index in [1.807, 2.05) is 19.1 Å². The quantitative estimate of drug-likeness (QED) is 0.478. The summed E-state index contributed by atoms with van der Waals surface area (Å²) in [5.74, 6) is -2.67. The molecule has 28 heavy (non-hydrogen) atoms. The largest absolute Gasteiger partial charge is 0.507 e. The number of nitrogens with zero attached hydrogens (tertiary/aromatic N) is 3. The Balaban J connectivity index is 1.85. The average molecular weight is 401 g/mol. The highest BCUT2D eigenvalue weighted by molar-refractivity contribution is 7.13. The lowest BCUT2D eigenvalue weighted by atomic mass is 9.97. The second kappa shape index (κ2) is 6.77. The van der Waals surface area contributed by atoms with Gasteiger partial charge >= 0.3 is 5.91 Å². The van der Waals surface area contributed by atoms with Gasteiger partial charge in [0.25, 0.3) is 5.78 Å². The zero-order chi connectivity index (χ0) is 20.1. The summed E-state index contributed by atoms with van der Waals surface area (Å²) < 4.78 is 11.6. The number of anilines is 1. The van der Waals surface area contributed by atoms with E-state index in [0.717, 1.165) is 16.9 Å². The van der Waals surface area contributed by atoms with Crippen LogP contribution in [0.1, 0.15) is 25.0 Å². The van der Waals surface area contributed by atoms with Crippen LogP contribution in [0.3, 0.4) is 0 Å². The minimum absolute atomic E-state index is 0.0182. The van der Waals surface area contributed by atoms with Gasteiger partial charge in [0.2, 0.25) is 5.13 Å². The van der Waals surface area contributed by atoms with Gasteiger partial charge in [-0.05, 0) is 20.8 Å². The van der Waals surface area contributed by atoms with E-state index in [9.17, 15) is 14.7 Å². The van der Waals surface area contributed by atoms with Crippen molar-refractivity contribution in [3.63, 3.8) is 0 Å². The third-order valence-electron chi connectivity index (χ3n) is 4.75. The van der Waals surface area contributed by atoms with Crippen LogP contribution in [0.5, 0.6) is 0 Å². The van der Waals surface area contributed by atoms with Crippen LogP contribution in [0.4, 0.5) is 5.13 Å². The molecule has 1 N–H and O–H groups in total. The molecule has 1 aromatic carbocycles. The number of ketones is 1. The van der Waals surface area contributed by atoms with Crippen LogP contribution in [0.2, 0.25) is 0 Å². The van der Waals surface area contributed by atoms with Gasteiger partial charge in [0.1, 0.15) is 23.4 Å². The molecule has 4 rings (SSSR count). The van der Waals surface area contributed by atoms with Crippen molar-refractivity contribution in [2.75, 3.05) is 11.5 Å². The Kier molecular flexibility index (Phi) is 4.53. The monoisotopic (exact) mass is 401 g/mol. The number of amides is 1. The molecule has 1 aromatic heterocycles. The summed E-state index contributed by atoms with van der Waals surface area (Å²) in [7, 11) is 0. The van der Waals surface area contributed by atoms with Crippen molar-refractivity contribution < 1.29 is 24.2 Å². The molecule has 146 valence electrons. The number of hydrogen-bond donors (Lipinski definition) is 1. The summed E-state index contributed by atoms with van der Waals surface area (Å²) in [6, 6.07) is 6.19. The summed E-state index contributed by atoms with van der Waals surface area (Å²) in [5, 5.41) is 18.9. The summed E-state index contributed by atoms with van der Waals surface area (Å²) in [6.07, 6.45) is -0.642. The first-order valence-electron chi connectivity index (χ1n) is 8.74. The molecule has 2 aromatic rings. The molecule has 0 spiro atoms. The lowest BCUT2D eigenvalue weighted by Gasteiger charge is -2.27. The third kappa shape index (κ3) is 3.11. The molecular formula is C19H19N3O5S. The summed E-state index contributed by atoms with van der Waals surface area (Å²) in [5.41, 5.74) is 2.91. The number of aryl methyl sites for hydroxylation is 1. The van der Waals surface area contributed by atoms with Crippen molar-refractivity contribution in [3.05, 3.63) is 46.5 Å². The second-order valence-corrected chi connectivity index (χ2v) is 7.98. The van der Waals surface area contributed by atoms with Crippen LogP contribution in [0, 0.1) is 6.92 Å². The molecule has 1 amide bonds. The van der Waals surface area contributed by atoms with Crippen LogP contribution >= 0.6 is 11.3 Å². The zero-order valence-corrected chi connectivity index (χ0v) is 16.4. The normalized spacial score (nSPS) is 26.2. The minimum Gasteiger partial charge on any atom is -0.507 e. The van der Waals surface area contributed by atoms with E-state index in [4.69, 9.17) is 9.47 Å². The van der Waals surface area contributed by atoms with E-state index in [-0.39, 0.29) is 23.1 Å². The van der Waals surface area contributed by atoms with Gasteiger partial charge in [0, 0.05) is 5.56 Å². The Morgan fingerprint density at radius 2 is 2.00 bits per heavy atom. The van der Waals surface area contributed by atoms with Crippen LogP contribution in [-0.4, -0.2) is 51.5 Å². The van der Waals surface area contributed by atoms with Gasteiger partial charge in [-0.3, -0.25) is 14.5 Å². The topological polar surface area (TPSA) is 102 Å². The summed E-state index contributed by atoms with van der Waals surface area (Å²) >= 11 is 1.13. The number of carbonyl (C=O) groups excluding carboxylic acids is 2. The molecule has 0 radical (unpaired) electrons. The maximum Gasteiger partial charge on any atom is 0.301 e. The first-order chi connectivity index (χ1) is 13.3. The Hall–Kier alpha value is -2.62. The second-order valence-electron chi connectivity index (χ2n) is 7.17. The zero-order valence-electron chi connectivity index (χ0n) is 15.6. The predicted octanol–water partition coefficient (Wildman–Crippen LogP) is 2.25. The molecular weight excluding hydrogens is 382 g/mol. The fraction of sp³-hybridized carbons (Fsp3) is 0.368. The van der Waals surface area contributed by atoms with Crippen molar-refractivity contribution in [1.29, 1.82) is 0 Å². The van der Waals surface area contributed by atoms with Crippen molar-refractivity contribution >= 4 is 33.9 Å². The number of benzene rings is 1. The Morgan fingerprint density at radius 1 is 1.29 bits per heavy atom. The van der Waals surface area contributed by atoms with Crippen molar-refractivity contribution in [2.45, 2.75) is 38.7 Å². The van der Waals surface area contributed by atoms with Gasteiger partial charge in [-0.15, -0.1) is 10.2 Å². The number of aliphatic hydroxyl groups excluding tert-OH is 1. The van der Waals surface area contributed by atoms with Gasteiger partial charge < -0.3 is 14.6 Å². The first kappa shape index (κ1) is 18.7. The van der Waals surface area contributed by atoms with Gasteiger partial charge in [-0.2, -0.15) is 0 Å². The van der Waals surface area contributed by atoms with Gasteiger partial charge in [-0.25, -0.2) is 0 Å². The fourth-order valence-electron chi connectivity index (χ4n) is 3.43. The van der Waals surface area contributed by atoms with E-state index in [2.05, 4.69) is 10.2 Å². The summed E-state index contributed by atoms with van der Waals surface area (Å²) in [4.78, 5) is 26.9. The predicted molar refractivity (Wildman–Crippen MR) is 102 cm³/mol. The standard InChI is InChI=1S/C19H19N3O5S/c1-10-4-6-11(7-5-10)15(23)13-14(12-8-26-19(2,3)27-12)22(17(25)16(13)24)18-21-20-9-28-18/h4-7,9,12,14,23H,8H2,1-3H3/b15-13+. The molecule has 0 aliphatic carbocycles. The van der Waals surface area contributed by atoms with Crippen molar-refractivity contribution in [3.8, 4) is 0 Å². The number of hydrogen-bond acceptors (Lipinski definition) is 8. The molecule has 9 heteroatoms. The number of ether oxygens (including phenoxy) is 2. The molecule has 0 saturated carbocycles. The average Bonchev–Trinajstić information content (AvgIpc) is 3.35. The van der Waals surface area contributed by atoms with Crippen LogP contribution in [0.25, 0.3) is 5.76 Å². The number of rotatable bonds is 3. The Bertz CT molecular complexity index is 952. The lowest BCUT2D eigenvalue weighted by Crippen LogP contribution is -2.44. The number of aromatic nitrogens is 2. The lowest BCUT2D eigenvalue weighted by molar-refractivity contribution is -0.140. The van der Waals surface area contributed by atoms with E-state index < -0.39 is 29.6 Å². The molecule has 2 fully saturated rings. The molecule has 2 saturated heterocycles. The van der Waals surface area contributed by atoms with Gasteiger partial charge in [0.05, 0.1) is 12.2 Å². The van der Waals surface area contributed by atoms with E-state index in [1.54, 1.807) is 26.0 Å². The smallest absolute Gasteiger partial charge is 0.301 e. The van der Waals surface area contributed by atoms with Gasteiger partial charge in [0.15, 0.2) is 5.79 Å². The highest BCUT2D eigenvalue weighted by atomic mass is 32.1. The van der Waals surface area contributed by atoms with Crippen LogP contribution in [0.15, 0.2) is 35.3 Å². The maximum absolute atomic E-state index is 12.9. The van der Waals surface area contributed by atoms with Gasteiger partial charge in [-0.1, -0.05) is 41.2 Å². The molecule has 2 aliphatic heterocycles. The van der Waals surface area contributed by atoms with E-state index >= 15 is 0 Å². The molecule has 3 heterocycles. The van der Waals surface area contributed by atoms with Crippen molar-refractivity contribution in [1.82, 2.24) is 10.2 Å². The highest BCUT2D eigenvalue weighted by Gasteiger charge is 2.54. The van der Waals surface area contributed by atoms with Crippen LogP contribution in [-0.2, 0) is 19.1 Å². The molecule has 0 bridgehead atoms. The summed E-state index contributed by atoms with van der Waals surface area (Å²) in [6.45, 7) is 5.59. The fourth-order valence-corrected chi connectivity index (χ4v) is 4.02. The van der Waals surface area contributed by atoms with E-state index in [0.29, 0.717) is 5.56 Å². The maximum atomic E-state index is 12.9.